The van der Waals surface area contributed by atoms with Crippen molar-refractivity contribution in [2.24, 2.45) is 0 Å². The number of hydrogen-bond acceptors (Lipinski definition) is 1. The van der Waals surface area contributed by atoms with Crippen LogP contribution in [0.1, 0.15) is 21.5 Å². The van der Waals surface area contributed by atoms with E-state index in [0.29, 0.717) is 5.56 Å². The van der Waals surface area contributed by atoms with E-state index < -0.39 is 5.24 Å². The zero-order valence-electron chi connectivity index (χ0n) is 8.69. The van der Waals surface area contributed by atoms with Crippen molar-refractivity contribution in [1.29, 1.82) is 0 Å². The topological polar surface area (TPSA) is 17.1 Å². The third-order valence-corrected chi connectivity index (χ3v) is 2.65. The fourth-order valence-electron chi connectivity index (χ4n) is 1.59. The Balaban J connectivity index is 2.14. The molecule has 0 unspecified atom stereocenters. The number of rotatable bonds is 3. The molecule has 0 radical (unpaired) electrons. The molecule has 0 atom stereocenters. The molecule has 80 valence electrons. The van der Waals surface area contributed by atoms with Crippen LogP contribution in [0.5, 0.6) is 0 Å². The Morgan fingerprint density at radius 3 is 2.00 bits per heavy atom. The number of hydrogen-bond donors (Lipinski definition) is 0. The van der Waals surface area contributed by atoms with Crippen LogP contribution in [0.4, 0.5) is 0 Å². The van der Waals surface area contributed by atoms with Crippen molar-refractivity contribution in [2.45, 2.75) is 6.42 Å². The molecule has 16 heavy (non-hydrogen) atoms. The zero-order valence-corrected chi connectivity index (χ0v) is 9.45. The Labute approximate surface area is 99.7 Å². The number of carbonyl (C=O) groups excluding carboxylic acids is 1. The summed E-state index contributed by atoms with van der Waals surface area (Å²) in [7, 11) is 0. The zero-order chi connectivity index (χ0) is 11.4. The Morgan fingerprint density at radius 1 is 0.875 bits per heavy atom. The minimum Gasteiger partial charge on any atom is -0.276 e. The highest BCUT2D eigenvalue weighted by molar-refractivity contribution is 6.67. The summed E-state index contributed by atoms with van der Waals surface area (Å²) in [6, 6.07) is 17.6. The van der Waals surface area contributed by atoms with Crippen LogP contribution in [0, 0.1) is 0 Å². The first-order chi connectivity index (χ1) is 7.75. The molecule has 0 saturated carbocycles. The lowest BCUT2D eigenvalue weighted by Crippen LogP contribution is -1.91. The lowest BCUT2D eigenvalue weighted by Gasteiger charge is -2.02. The van der Waals surface area contributed by atoms with E-state index in [9.17, 15) is 4.79 Å². The van der Waals surface area contributed by atoms with E-state index in [1.807, 2.05) is 30.3 Å². The third-order valence-electron chi connectivity index (χ3n) is 2.43. The largest absolute Gasteiger partial charge is 0.276 e. The van der Waals surface area contributed by atoms with Crippen LogP contribution in [0.25, 0.3) is 0 Å². The minimum absolute atomic E-state index is 0.411. The molecule has 0 bridgehead atoms. The number of carbonyl (C=O) groups is 1. The van der Waals surface area contributed by atoms with Gasteiger partial charge in [-0.15, -0.1) is 0 Å². The molecule has 1 nitrogen and oxygen atoms in total. The SMILES string of the molecule is O=C(Cl)c1ccc(Cc2ccccc2)cc1. The molecule has 0 spiro atoms. The van der Waals surface area contributed by atoms with Crippen molar-refractivity contribution in [3.8, 4) is 0 Å². The summed E-state index contributed by atoms with van der Waals surface area (Å²) in [5.41, 5.74) is 2.97. The number of benzene rings is 2. The van der Waals surface area contributed by atoms with Crippen LogP contribution in [0.15, 0.2) is 54.6 Å². The van der Waals surface area contributed by atoms with Gasteiger partial charge in [-0.25, -0.2) is 0 Å². The summed E-state index contributed by atoms with van der Waals surface area (Å²) in [6.45, 7) is 0. The summed E-state index contributed by atoms with van der Waals surface area (Å²) in [5.74, 6) is 0. The predicted octanol–water partition coefficient (Wildman–Crippen LogP) is 3.66. The van der Waals surface area contributed by atoms with Gasteiger partial charge in [-0.05, 0) is 41.3 Å². The molecule has 0 saturated heterocycles. The lowest BCUT2D eigenvalue weighted by molar-refractivity contribution is 0.108. The molecule has 0 aromatic heterocycles. The second-order valence-electron chi connectivity index (χ2n) is 3.63. The van der Waals surface area contributed by atoms with Crippen LogP contribution in [-0.2, 0) is 6.42 Å². The molecule has 0 amide bonds. The standard InChI is InChI=1S/C14H11ClO/c15-14(16)13-8-6-12(7-9-13)10-11-4-2-1-3-5-11/h1-9H,10H2. The van der Waals surface area contributed by atoms with Gasteiger partial charge in [-0.2, -0.15) is 0 Å². The molecule has 2 heteroatoms. The molecule has 2 aromatic rings. The van der Waals surface area contributed by atoms with Gasteiger partial charge in [-0.3, -0.25) is 4.79 Å². The van der Waals surface area contributed by atoms with Crippen LogP contribution in [0.2, 0.25) is 0 Å². The van der Waals surface area contributed by atoms with Gasteiger partial charge < -0.3 is 0 Å². The maximum atomic E-state index is 10.9. The first-order valence-electron chi connectivity index (χ1n) is 5.08. The highest BCUT2D eigenvalue weighted by Gasteiger charge is 2.01. The van der Waals surface area contributed by atoms with Crippen molar-refractivity contribution in [3.63, 3.8) is 0 Å². The summed E-state index contributed by atoms with van der Waals surface area (Å²) in [4.78, 5) is 10.9. The van der Waals surface area contributed by atoms with Gasteiger partial charge in [0.1, 0.15) is 0 Å². The second-order valence-corrected chi connectivity index (χ2v) is 3.98. The Kier molecular flexibility index (Phi) is 3.37. The fourth-order valence-corrected chi connectivity index (χ4v) is 1.71. The van der Waals surface area contributed by atoms with E-state index in [0.717, 1.165) is 6.42 Å². The highest BCUT2D eigenvalue weighted by atomic mass is 35.5. The average molecular weight is 231 g/mol. The Bertz CT molecular complexity index is 474. The molecule has 2 aromatic carbocycles. The van der Waals surface area contributed by atoms with E-state index in [1.165, 1.54) is 11.1 Å². The molecule has 0 aliphatic heterocycles. The van der Waals surface area contributed by atoms with E-state index in [1.54, 1.807) is 12.1 Å². The van der Waals surface area contributed by atoms with Gasteiger partial charge in [0.25, 0.3) is 5.24 Å². The van der Waals surface area contributed by atoms with Crippen LogP contribution < -0.4 is 0 Å². The molecule has 0 aliphatic carbocycles. The minimum atomic E-state index is -0.411. The predicted molar refractivity (Wildman–Crippen MR) is 65.9 cm³/mol. The van der Waals surface area contributed by atoms with Crippen molar-refractivity contribution < 1.29 is 4.79 Å². The second kappa shape index (κ2) is 4.95. The quantitative estimate of drug-likeness (QED) is 0.736. The van der Waals surface area contributed by atoms with Gasteiger partial charge >= 0.3 is 0 Å². The molecule has 0 fully saturated rings. The van der Waals surface area contributed by atoms with Gasteiger partial charge in [-0.1, -0.05) is 42.5 Å². The first kappa shape index (κ1) is 10.9. The molecule has 0 aliphatic rings. The maximum Gasteiger partial charge on any atom is 0.252 e. The molecular weight excluding hydrogens is 220 g/mol. The van der Waals surface area contributed by atoms with Crippen LogP contribution >= 0.6 is 11.6 Å². The molecular formula is C14H11ClO. The van der Waals surface area contributed by atoms with Gasteiger partial charge in [0, 0.05) is 5.56 Å². The highest BCUT2D eigenvalue weighted by Crippen LogP contribution is 2.11. The summed E-state index contributed by atoms with van der Waals surface area (Å²) in [5, 5.41) is -0.411. The van der Waals surface area contributed by atoms with E-state index in [4.69, 9.17) is 11.6 Å². The normalized spacial score (nSPS) is 10.1. The number of halogens is 1. The summed E-state index contributed by atoms with van der Waals surface area (Å²) < 4.78 is 0. The smallest absolute Gasteiger partial charge is 0.252 e. The van der Waals surface area contributed by atoms with E-state index in [2.05, 4.69) is 12.1 Å². The third kappa shape index (κ3) is 2.71. The Morgan fingerprint density at radius 2 is 1.44 bits per heavy atom. The van der Waals surface area contributed by atoms with Crippen molar-refractivity contribution in [3.05, 3.63) is 71.3 Å². The van der Waals surface area contributed by atoms with E-state index in [-0.39, 0.29) is 0 Å². The molecule has 0 N–H and O–H groups in total. The van der Waals surface area contributed by atoms with Gasteiger partial charge in [0.05, 0.1) is 0 Å². The van der Waals surface area contributed by atoms with E-state index >= 15 is 0 Å². The fraction of sp³-hybridized carbons (Fsp3) is 0.0714. The van der Waals surface area contributed by atoms with Gasteiger partial charge in [0.15, 0.2) is 0 Å². The molecule has 0 heterocycles. The van der Waals surface area contributed by atoms with Crippen molar-refractivity contribution >= 4 is 16.8 Å². The monoisotopic (exact) mass is 230 g/mol. The summed E-state index contributed by atoms with van der Waals surface area (Å²) >= 11 is 5.38. The first-order valence-corrected chi connectivity index (χ1v) is 5.46. The van der Waals surface area contributed by atoms with Crippen molar-refractivity contribution in [1.82, 2.24) is 0 Å². The van der Waals surface area contributed by atoms with Crippen LogP contribution in [-0.4, -0.2) is 5.24 Å². The van der Waals surface area contributed by atoms with Crippen LogP contribution in [0.3, 0.4) is 0 Å². The van der Waals surface area contributed by atoms with Crippen molar-refractivity contribution in [2.75, 3.05) is 0 Å². The Hall–Kier alpha value is -1.60. The average Bonchev–Trinajstić information content (AvgIpc) is 2.31. The maximum absolute atomic E-state index is 10.9. The molecule has 2 rings (SSSR count). The lowest BCUT2D eigenvalue weighted by atomic mass is 10.0. The van der Waals surface area contributed by atoms with Gasteiger partial charge in [0.2, 0.25) is 0 Å². The summed E-state index contributed by atoms with van der Waals surface area (Å²) in [6.07, 6.45) is 0.873.